The Hall–Kier alpha value is -2.52. The first kappa shape index (κ1) is 21.2. The molecule has 1 unspecified atom stereocenters. The predicted octanol–water partition coefficient (Wildman–Crippen LogP) is 5.37. The van der Waals surface area contributed by atoms with Crippen LogP contribution in [0.3, 0.4) is 0 Å². The molecule has 0 fully saturated rings. The van der Waals surface area contributed by atoms with E-state index in [2.05, 4.69) is 15.5 Å². The van der Waals surface area contributed by atoms with E-state index in [-0.39, 0.29) is 5.69 Å². The first-order chi connectivity index (χ1) is 13.7. The Bertz CT molecular complexity index is 1040. The van der Waals surface area contributed by atoms with E-state index in [4.69, 9.17) is 11.6 Å². The predicted molar refractivity (Wildman–Crippen MR) is 106 cm³/mol. The van der Waals surface area contributed by atoms with E-state index in [9.17, 15) is 18.0 Å². The van der Waals surface area contributed by atoms with Crippen LogP contribution in [0.1, 0.15) is 18.1 Å². The maximum absolute atomic E-state index is 13.0. The number of aryl methyl sites for hydroxylation is 1. The Morgan fingerprint density at radius 1 is 1.24 bits per heavy atom. The molecule has 3 rings (SSSR count). The molecule has 1 N–H and O–H groups in total. The summed E-state index contributed by atoms with van der Waals surface area (Å²) in [4.78, 5) is 12.5. The molecule has 0 saturated heterocycles. The minimum absolute atomic E-state index is 0.0135. The molecule has 0 bridgehead atoms. The molecule has 152 valence electrons. The number of benzene rings is 2. The maximum Gasteiger partial charge on any atom is 0.417 e. The highest BCUT2D eigenvalue weighted by Crippen LogP contribution is 2.36. The fourth-order valence-electron chi connectivity index (χ4n) is 2.58. The van der Waals surface area contributed by atoms with Crippen molar-refractivity contribution in [3.05, 3.63) is 64.9 Å². The van der Waals surface area contributed by atoms with Gasteiger partial charge in [0.25, 0.3) is 0 Å². The molecule has 0 aliphatic heterocycles. The molecule has 0 aliphatic carbocycles. The molecule has 2 aromatic carbocycles. The number of carbonyl (C=O) groups is 1. The lowest BCUT2D eigenvalue weighted by atomic mass is 10.2. The van der Waals surface area contributed by atoms with Crippen LogP contribution >= 0.6 is 23.4 Å². The third-order valence-corrected chi connectivity index (χ3v) is 5.47. The van der Waals surface area contributed by atoms with E-state index in [1.807, 2.05) is 31.2 Å². The van der Waals surface area contributed by atoms with Crippen LogP contribution in [0.2, 0.25) is 5.02 Å². The van der Waals surface area contributed by atoms with Gasteiger partial charge in [-0.25, -0.2) is 0 Å². The highest BCUT2D eigenvalue weighted by Gasteiger charge is 2.33. The number of aromatic nitrogens is 3. The van der Waals surface area contributed by atoms with Crippen molar-refractivity contribution in [1.82, 2.24) is 14.8 Å². The zero-order chi connectivity index (χ0) is 21.2. The summed E-state index contributed by atoms with van der Waals surface area (Å²) < 4.78 is 40.7. The van der Waals surface area contributed by atoms with Gasteiger partial charge in [0, 0.05) is 5.69 Å². The lowest BCUT2D eigenvalue weighted by Crippen LogP contribution is -2.23. The van der Waals surface area contributed by atoms with Crippen molar-refractivity contribution in [2.45, 2.75) is 30.4 Å². The van der Waals surface area contributed by atoms with Gasteiger partial charge >= 0.3 is 6.18 Å². The number of anilines is 1. The van der Waals surface area contributed by atoms with Gasteiger partial charge in [0.2, 0.25) is 5.91 Å². The van der Waals surface area contributed by atoms with Crippen molar-refractivity contribution in [2.24, 2.45) is 0 Å². The minimum Gasteiger partial charge on any atom is -0.325 e. The highest BCUT2D eigenvalue weighted by molar-refractivity contribution is 8.00. The van der Waals surface area contributed by atoms with Gasteiger partial charge in [0.15, 0.2) is 5.16 Å². The van der Waals surface area contributed by atoms with Crippen molar-refractivity contribution < 1.29 is 18.0 Å². The summed E-state index contributed by atoms with van der Waals surface area (Å²) in [6.45, 7) is 3.58. The smallest absolute Gasteiger partial charge is 0.325 e. The number of thioether (sulfide) groups is 1. The normalized spacial score (nSPS) is 12.6. The van der Waals surface area contributed by atoms with Gasteiger partial charge in [0.05, 0.1) is 21.5 Å². The van der Waals surface area contributed by atoms with Gasteiger partial charge in [-0.15, -0.1) is 10.2 Å². The lowest BCUT2D eigenvalue weighted by molar-refractivity contribution is -0.137. The number of alkyl halides is 3. The third-order valence-electron chi connectivity index (χ3n) is 4.08. The Balaban J connectivity index is 1.75. The summed E-state index contributed by atoms with van der Waals surface area (Å²) in [5, 5.41) is 9.88. The summed E-state index contributed by atoms with van der Waals surface area (Å²) in [5.74, 6) is -0.468. The fraction of sp³-hybridized carbons (Fsp3) is 0.211. The summed E-state index contributed by atoms with van der Waals surface area (Å²) in [5.41, 5.74) is 0.892. The highest BCUT2D eigenvalue weighted by atomic mass is 35.5. The largest absolute Gasteiger partial charge is 0.417 e. The molecule has 29 heavy (non-hydrogen) atoms. The van der Waals surface area contributed by atoms with E-state index < -0.39 is 27.9 Å². The quantitative estimate of drug-likeness (QED) is 0.542. The number of para-hydroxylation sites is 1. The number of nitrogens with one attached hydrogen (secondary N) is 1. The number of nitrogens with zero attached hydrogens (tertiary/aromatic N) is 3. The van der Waals surface area contributed by atoms with Gasteiger partial charge in [-0.1, -0.05) is 41.6 Å². The average Bonchev–Trinajstić information content (AvgIpc) is 3.10. The standard InChI is InChI=1S/C19H16ClF3N4OS/c1-11-5-3-4-6-16(11)27-10-24-26-18(27)29-12(2)17(28)25-13-7-8-15(20)14(9-13)19(21,22)23/h3-10,12H,1-2H3,(H,25,28). The van der Waals surface area contributed by atoms with Crippen molar-refractivity contribution in [3.8, 4) is 5.69 Å². The van der Waals surface area contributed by atoms with Gasteiger partial charge in [-0.05, 0) is 43.7 Å². The molecular weight excluding hydrogens is 425 g/mol. The minimum atomic E-state index is -4.61. The van der Waals surface area contributed by atoms with E-state index >= 15 is 0 Å². The molecule has 1 atom stereocenters. The number of hydrogen-bond donors (Lipinski definition) is 1. The molecule has 0 radical (unpaired) electrons. The van der Waals surface area contributed by atoms with Crippen LogP contribution in [0.5, 0.6) is 0 Å². The third kappa shape index (κ3) is 4.91. The molecule has 3 aromatic rings. The maximum atomic E-state index is 13.0. The van der Waals surface area contributed by atoms with Crippen LogP contribution in [0.15, 0.2) is 53.9 Å². The lowest BCUT2D eigenvalue weighted by Gasteiger charge is -2.15. The second kappa shape index (κ2) is 8.46. The number of carbonyl (C=O) groups excluding carboxylic acids is 1. The van der Waals surface area contributed by atoms with Crippen LogP contribution < -0.4 is 5.32 Å². The van der Waals surface area contributed by atoms with Crippen molar-refractivity contribution in [3.63, 3.8) is 0 Å². The average molecular weight is 441 g/mol. The van der Waals surface area contributed by atoms with Crippen LogP contribution in [-0.2, 0) is 11.0 Å². The molecule has 1 amide bonds. The SMILES string of the molecule is Cc1ccccc1-n1cnnc1SC(C)C(=O)Nc1ccc(Cl)c(C(F)(F)F)c1. The fourth-order valence-corrected chi connectivity index (χ4v) is 3.64. The number of hydrogen-bond acceptors (Lipinski definition) is 4. The monoisotopic (exact) mass is 440 g/mol. The summed E-state index contributed by atoms with van der Waals surface area (Å²) in [6, 6.07) is 10.9. The van der Waals surface area contributed by atoms with E-state index in [1.54, 1.807) is 17.8 Å². The molecule has 0 spiro atoms. The van der Waals surface area contributed by atoms with E-state index in [1.165, 1.54) is 6.07 Å². The van der Waals surface area contributed by atoms with Gasteiger partial charge < -0.3 is 5.32 Å². The van der Waals surface area contributed by atoms with Crippen molar-refractivity contribution >= 4 is 35.0 Å². The number of rotatable bonds is 5. The Morgan fingerprint density at radius 2 is 1.97 bits per heavy atom. The van der Waals surface area contributed by atoms with Crippen molar-refractivity contribution in [2.75, 3.05) is 5.32 Å². The first-order valence-electron chi connectivity index (χ1n) is 8.47. The number of amides is 1. The van der Waals surface area contributed by atoms with Gasteiger partial charge in [-0.3, -0.25) is 9.36 Å². The Kier molecular flexibility index (Phi) is 6.18. The summed E-state index contributed by atoms with van der Waals surface area (Å²) in [7, 11) is 0. The Labute approximate surface area is 174 Å². The molecule has 5 nitrogen and oxygen atoms in total. The zero-order valence-corrected chi connectivity index (χ0v) is 16.9. The summed E-state index contributed by atoms with van der Waals surface area (Å²) in [6.07, 6.45) is -3.06. The second-order valence-electron chi connectivity index (χ2n) is 6.21. The first-order valence-corrected chi connectivity index (χ1v) is 9.73. The van der Waals surface area contributed by atoms with Crippen LogP contribution in [0.4, 0.5) is 18.9 Å². The zero-order valence-electron chi connectivity index (χ0n) is 15.4. The Morgan fingerprint density at radius 3 is 2.66 bits per heavy atom. The van der Waals surface area contributed by atoms with E-state index in [0.717, 1.165) is 35.1 Å². The second-order valence-corrected chi connectivity index (χ2v) is 7.93. The van der Waals surface area contributed by atoms with Gasteiger partial charge in [-0.2, -0.15) is 13.2 Å². The van der Waals surface area contributed by atoms with Gasteiger partial charge in [0.1, 0.15) is 6.33 Å². The van der Waals surface area contributed by atoms with Crippen LogP contribution in [0, 0.1) is 6.92 Å². The molecule has 1 heterocycles. The van der Waals surface area contributed by atoms with Crippen LogP contribution in [-0.4, -0.2) is 25.9 Å². The molecular formula is C19H16ClF3N4OS. The van der Waals surface area contributed by atoms with Crippen molar-refractivity contribution in [1.29, 1.82) is 0 Å². The molecule has 10 heteroatoms. The molecule has 1 aromatic heterocycles. The topological polar surface area (TPSA) is 59.8 Å². The number of halogens is 4. The molecule has 0 aliphatic rings. The van der Waals surface area contributed by atoms with Crippen LogP contribution in [0.25, 0.3) is 5.69 Å². The summed E-state index contributed by atoms with van der Waals surface area (Å²) >= 11 is 6.76. The van der Waals surface area contributed by atoms with E-state index in [0.29, 0.717) is 5.16 Å². The molecule has 0 saturated carbocycles.